The van der Waals surface area contributed by atoms with Crippen LogP contribution in [-0.2, 0) is 9.63 Å². The number of hydrogen-bond acceptors (Lipinski definition) is 4. The van der Waals surface area contributed by atoms with Crippen LogP contribution in [0.25, 0.3) is 0 Å². The molecule has 5 heteroatoms. The minimum Gasteiger partial charge on any atom is -0.496 e. The Morgan fingerprint density at radius 3 is 2.92 bits per heavy atom. The first kappa shape index (κ1) is 16.6. The molecule has 1 aromatic rings. The van der Waals surface area contributed by atoms with Crippen molar-refractivity contribution in [1.82, 2.24) is 4.90 Å². The van der Waals surface area contributed by atoms with Gasteiger partial charge in [0.25, 0.3) is 0 Å². The van der Waals surface area contributed by atoms with E-state index < -0.39 is 0 Å². The molecule has 1 aliphatic heterocycles. The zero-order valence-corrected chi connectivity index (χ0v) is 14.1. The maximum atomic E-state index is 12.5. The van der Waals surface area contributed by atoms with Crippen molar-refractivity contribution in [2.75, 3.05) is 20.2 Å². The second kappa shape index (κ2) is 7.51. The number of hydrogen-bond donors (Lipinski definition) is 0. The lowest BCUT2D eigenvalue weighted by Gasteiger charge is -2.32. The van der Waals surface area contributed by atoms with Crippen molar-refractivity contribution in [3.8, 4) is 5.75 Å². The Balaban J connectivity index is 1.63. The third-order valence-corrected chi connectivity index (χ3v) is 4.69. The molecular weight excluding hydrogens is 304 g/mol. The van der Waals surface area contributed by atoms with Gasteiger partial charge in [-0.25, -0.2) is 0 Å². The SMILES string of the molecule is C=CCN(C[C@H]1CC(c2ccccc2OC)=NO1)C(=O)C1CCC1. The number of rotatable bonds is 7. The largest absolute Gasteiger partial charge is 0.496 e. The van der Waals surface area contributed by atoms with E-state index in [0.717, 1.165) is 36.3 Å². The average molecular weight is 328 g/mol. The molecule has 1 fully saturated rings. The highest BCUT2D eigenvalue weighted by Gasteiger charge is 2.32. The van der Waals surface area contributed by atoms with Crippen molar-refractivity contribution in [2.24, 2.45) is 11.1 Å². The number of ether oxygens (including phenoxy) is 1. The van der Waals surface area contributed by atoms with Crippen molar-refractivity contribution in [1.29, 1.82) is 0 Å². The van der Waals surface area contributed by atoms with E-state index in [0.29, 0.717) is 19.5 Å². The van der Waals surface area contributed by atoms with Crippen LogP contribution in [0.4, 0.5) is 0 Å². The summed E-state index contributed by atoms with van der Waals surface area (Å²) in [7, 11) is 1.65. The first-order valence-electron chi connectivity index (χ1n) is 8.48. The molecule has 0 saturated heterocycles. The molecule has 1 heterocycles. The first-order valence-corrected chi connectivity index (χ1v) is 8.48. The van der Waals surface area contributed by atoms with E-state index in [9.17, 15) is 4.79 Å². The van der Waals surface area contributed by atoms with Crippen LogP contribution >= 0.6 is 0 Å². The summed E-state index contributed by atoms with van der Waals surface area (Å²) < 4.78 is 5.39. The molecule has 0 bridgehead atoms. The van der Waals surface area contributed by atoms with Gasteiger partial charge in [-0.15, -0.1) is 6.58 Å². The van der Waals surface area contributed by atoms with Gasteiger partial charge in [-0.2, -0.15) is 0 Å². The lowest BCUT2D eigenvalue weighted by atomic mass is 9.84. The van der Waals surface area contributed by atoms with Crippen LogP contribution in [0, 0.1) is 5.92 Å². The molecule has 1 amide bonds. The van der Waals surface area contributed by atoms with Crippen LogP contribution in [0.15, 0.2) is 42.1 Å². The number of benzene rings is 1. The third-order valence-electron chi connectivity index (χ3n) is 4.69. The van der Waals surface area contributed by atoms with Crippen LogP contribution in [-0.4, -0.2) is 42.8 Å². The maximum absolute atomic E-state index is 12.5. The van der Waals surface area contributed by atoms with Gasteiger partial charge in [0.1, 0.15) is 5.75 Å². The van der Waals surface area contributed by atoms with E-state index in [-0.39, 0.29) is 17.9 Å². The lowest BCUT2D eigenvalue weighted by Crippen LogP contribution is -2.43. The summed E-state index contributed by atoms with van der Waals surface area (Å²) in [5.74, 6) is 1.19. The number of carbonyl (C=O) groups is 1. The molecule has 5 nitrogen and oxygen atoms in total. The lowest BCUT2D eigenvalue weighted by molar-refractivity contribution is -0.139. The number of amides is 1. The van der Waals surface area contributed by atoms with Crippen molar-refractivity contribution < 1.29 is 14.4 Å². The summed E-state index contributed by atoms with van der Waals surface area (Å²) in [6, 6.07) is 7.77. The van der Waals surface area contributed by atoms with E-state index >= 15 is 0 Å². The van der Waals surface area contributed by atoms with Gasteiger partial charge in [-0.3, -0.25) is 4.79 Å². The Kier molecular flexibility index (Phi) is 5.18. The van der Waals surface area contributed by atoms with E-state index in [2.05, 4.69) is 11.7 Å². The van der Waals surface area contributed by atoms with E-state index in [4.69, 9.17) is 9.57 Å². The molecular formula is C19H24N2O3. The topological polar surface area (TPSA) is 51.1 Å². The second-order valence-corrected chi connectivity index (χ2v) is 6.33. The summed E-state index contributed by atoms with van der Waals surface area (Å²) in [6.07, 6.45) is 5.48. The van der Waals surface area contributed by atoms with Gasteiger partial charge in [0, 0.05) is 24.4 Å². The molecule has 1 aromatic carbocycles. The van der Waals surface area contributed by atoms with Crippen LogP contribution in [0.2, 0.25) is 0 Å². The van der Waals surface area contributed by atoms with Crippen molar-refractivity contribution >= 4 is 11.6 Å². The predicted octanol–water partition coefficient (Wildman–Crippen LogP) is 3.00. The van der Waals surface area contributed by atoms with Gasteiger partial charge in [0.05, 0.1) is 19.4 Å². The summed E-state index contributed by atoms with van der Waals surface area (Å²) in [4.78, 5) is 20.0. The van der Waals surface area contributed by atoms with E-state index in [1.807, 2.05) is 29.2 Å². The molecule has 1 atom stereocenters. The highest BCUT2D eigenvalue weighted by Crippen LogP contribution is 2.29. The zero-order chi connectivity index (χ0) is 16.9. The third kappa shape index (κ3) is 3.45. The van der Waals surface area contributed by atoms with Gasteiger partial charge in [0.15, 0.2) is 6.10 Å². The fraction of sp³-hybridized carbons (Fsp3) is 0.474. The van der Waals surface area contributed by atoms with Crippen molar-refractivity contribution in [3.05, 3.63) is 42.5 Å². The van der Waals surface area contributed by atoms with Gasteiger partial charge in [-0.05, 0) is 25.0 Å². The van der Waals surface area contributed by atoms with Crippen LogP contribution in [0.3, 0.4) is 0 Å². The fourth-order valence-corrected chi connectivity index (χ4v) is 3.14. The predicted molar refractivity (Wildman–Crippen MR) is 93.1 cm³/mol. The normalized spacial score (nSPS) is 19.9. The molecule has 2 aliphatic rings. The molecule has 0 N–H and O–H groups in total. The quantitative estimate of drug-likeness (QED) is 0.723. The van der Waals surface area contributed by atoms with Crippen LogP contribution < -0.4 is 4.74 Å². The Hall–Kier alpha value is -2.30. The summed E-state index contributed by atoms with van der Waals surface area (Å²) in [5, 5.41) is 4.22. The van der Waals surface area contributed by atoms with Gasteiger partial charge >= 0.3 is 0 Å². The molecule has 0 radical (unpaired) electrons. The molecule has 1 saturated carbocycles. The van der Waals surface area contributed by atoms with Crippen molar-refractivity contribution in [2.45, 2.75) is 31.8 Å². The smallest absolute Gasteiger partial charge is 0.226 e. The highest BCUT2D eigenvalue weighted by molar-refractivity contribution is 6.03. The summed E-state index contributed by atoms with van der Waals surface area (Å²) in [6.45, 7) is 4.87. The minimum atomic E-state index is -0.117. The second-order valence-electron chi connectivity index (χ2n) is 6.33. The highest BCUT2D eigenvalue weighted by atomic mass is 16.6. The first-order chi connectivity index (χ1) is 11.7. The van der Waals surface area contributed by atoms with Crippen LogP contribution in [0.1, 0.15) is 31.2 Å². The van der Waals surface area contributed by atoms with Crippen molar-refractivity contribution in [3.63, 3.8) is 0 Å². The summed E-state index contributed by atoms with van der Waals surface area (Å²) in [5.41, 5.74) is 1.81. The van der Waals surface area contributed by atoms with Gasteiger partial charge in [0.2, 0.25) is 5.91 Å². The number of para-hydroxylation sites is 1. The minimum absolute atomic E-state index is 0.117. The van der Waals surface area contributed by atoms with E-state index in [1.165, 1.54) is 0 Å². The zero-order valence-electron chi connectivity index (χ0n) is 14.1. The Morgan fingerprint density at radius 2 is 2.25 bits per heavy atom. The van der Waals surface area contributed by atoms with Crippen LogP contribution in [0.5, 0.6) is 5.75 Å². The van der Waals surface area contributed by atoms with Gasteiger partial charge in [-0.1, -0.05) is 29.8 Å². The molecule has 0 aromatic heterocycles. The fourth-order valence-electron chi connectivity index (χ4n) is 3.14. The van der Waals surface area contributed by atoms with E-state index in [1.54, 1.807) is 13.2 Å². The van der Waals surface area contributed by atoms with Gasteiger partial charge < -0.3 is 14.5 Å². The summed E-state index contributed by atoms with van der Waals surface area (Å²) >= 11 is 0. The Bertz CT molecular complexity index is 637. The number of carbonyl (C=O) groups excluding carboxylic acids is 1. The monoisotopic (exact) mass is 328 g/mol. The molecule has 1 aliphatic carbocycles. The standard InChI is InChI=1S/C19H24N2O3/c1-3-11-21(19(22)14-7-6-8-14)13-15-12-17(20-24-15)16-9-4-5-10-18(16)23-2/h3-5,9-10,14-15H,1,6-8,11-13H2,2H3/t15-/m1/s1. The molecule has 3 rings (SSSR count). The molecule has 0 spiro atoms. The number of nitrogens with zero attached hydrogens (tertiary/aromatic N) is 2. The Morgan fingerprint density at radius 1 is 1.46 bits per heavy atom. The maximum Gasteiger partial charge on any atom is 0.226 e. The number of methoxy groups -OCH3 is 1. The molecule has 24 heavy (non-hydrogen) atoms. The molecule has 0 unspecified atom stereocenters. The molecule has 128 valence electrons. The average Bonchev–Trinajstić information content (AvgIpc) is 3.01. The number of oxime groups is 1. The Labute approximate surface area is 142 Å².